The maximum atomic E-state index is 11.5. The molecular weight excluding hydrogens is 392 g/mol. The van der Waals surface area contributed by atoms with Crippen LogP contribution in [0, 0.1) is 10.1 Å². The Balaban J connectivity index is 2.28. The third-order valence-corrected chi connectivity index (χ3v) is 3.70. The summed E-state index contributed by atoms with van der Waals surface area (Å²) in [6, 6.07) is 7.69. The normalized spacial score (nSPS) is 11.0. The summed E-state index contributed by atoms with van der Waals surface area (Å²) < 4.78 is 4.74. The minimum absolute atomic E-state index is 0.0283. The van der Waals surface area contributed by atoms with E-state index in [9.17, 15) is 20.1 Å². The number of nitrogens with zero attached hydrogens (tertiary/aromatic N) is 3. The molecule has 12 heteroatoms. The first-order chi connectivity index (χ1) is 13.3. The summed E-state index contributed by atoms with van der Waals surface area (Å²) in [6.07, 6.45) is -0.784. The summed E-state index contributed by atoms with van der Waals surface area (Å²) in [5.41, 5.74) is 5.89. The average Bonchev–Trinajstić information content (AvgIpc) is 2.63. The number of halogens is 1. The van der Waals surface area contributed by atoms with Gasteiger partial charge in [-0.05, 0) is 19.1 Å². The van der Waals surface area contributed by atoms with E-state index in [0.29, 0.717) is 10.6 Å². The van der Waals surface area contributed by atoms with E-state index < -0.39 is 22.5 Å². The van der Waals surface area contributed by atoms with Crippen LogP contribution in [0.1, 0.15) is 12.5 Å². The highest BCUT2D eigenvalue weighted by molar-refractivity contribution is 6.30. The van der Waals surface area contributed by atoms with Crippen molar-refractivity contribution in [1.29, 1.82) is 0 Å². The molecule has 0 aliphatic carbocycles. The van der Waals surface area contributed by atoms with Crippen LogP contribution in [0.5, 0.6) is 0 Å². The number of nitrogens with one attached hydrogen (secondary N) is 2. The Morgan fingerprint density at radius 1 is 1.43 bits per heavy atom. The third-order valence-electron chi connectivity index (χ3n) is 3.45. The predicted molar refractivity (Wildman–Crippen MR) is 104 cm³/mol. The van der Waals surface area contributed by atoms with Gasteiger partial charge in [0, 0.05) is 16.7 Å². The highest BCUT2D eigenvalue weighted by Crippen LogP contribution is 2.32. The Bertz CT molecular complexity index is 903. The van der Waals surface area contributed by atoms with Gasteiger partial charge in [-0.25, -0.2) is 9.78 Å². The van der Waals surface area contributed by atoms with E-state index in [1.807, 2.05) is 0 Å². The molecule has 1 amide bonds. The van der Waals surface area contributed by atoms with Crippen molar-refractivity contribution >= 4 is 46.4 Å². The summed E-state index contributed by atoms with van der Waals surface area (Å²) in [4.78, 5) is 26.0. The van der Waals surface area contributed by atoms with Gasteiger partial charge in [-0.3, -0.25) is 15.4 Å². The molecule has 28 heavy (non-hydrogen) atoms. The number of nitrogen functional groups attached to an aromatic ring is 1. The van der Waals surface area contributed by atoms with E-state index >= 15 is 0 Å². The molecule has 2 aromatic rings. The highest BCUT2D eigenvalue weighted by Gasteiger charge is 2.22. The van der Waals surface area contributed by atoms with E-state index in [2.05, 4.69) is 20.8 Å². The van der Waals surface area contributed by atoms with Crippen molar-refractivity contribution in [2.75, 3.05) is 29.5 Å². The molecule has 0 atom stereocenters. The van der Waals surface area contributed by atoms with Crippen molar-refractivity contribution in [3.05, 3.63) is 51.0 Å². The first kappa shape index (κ1) is 20.7. The number of nitrogens with two attached hydrogens (primary N) is 1. The molecule has 0 saturated heterocycles. The fraction of sp³-hybridized carbons (Fsp3) is 0.188. The number of nitro groups is 1. The number of ether oxygens (including phenoxy) is 1. The molecule has 11 nitrogen and oxygen atoms in total. The van der Waals surface area contributed by atoms with E-state index in [0.717, 1.165) is 0 Å². The molecule has 0 aliphatic heterocycles. The number of rotatable bonds is 7. The summed E-state index contributed by atoms with van der Waals surface area (Å²) >= 11 is 5.83. The molecular formula is C16H17ClN6O5. The third kappa shape index (κ3) is 5.20. The smallest absolute Gasteiger partial charge is 0.412 e. The Kier molecular flexibility index (Phi) is 6.93. The lowest BCUT2D eigenvalue weighted by atomic mass is 10.1. The van der Waals surface area contributed by atoms with Crippen LogP contribution in [0.2, 0.25) is 5.02 Å². The van der Waals surface area contributed by atoms with Crippen molar-refractivity contribution in [3.63, 3.8) is 0 Å². The first-order valence-electron chi connectivity index (χ1n) is 7.95. The van der Waals surface area contributed by atoms with Gasteiger partial charge in [-0.1, -0.05) is 28.9 Å². The molecule has 0 unspecified atom stereocenters. The van der Waals surface area contributed by atoms with Crippen molar-refractivity contribution in [2.45, 2.75) is 6.92 Å². The Morgan fingerprint density at radius 3 is 2.68 bits per heavy atom. The van der Waals surface area contributed by atoms with E-state index in [1.54, 1.807) is 31.2 Å². The molecule has 0 aliphatic rings. The lowest BCUT2D eigenvalue weighted by Gasteiger charge is -2.12. The summed E-state index contributed by atoms with van der Waals surface area (Å²) in [7, 11) is 0. The summed E-state index contributed by atoms with van der Waals surface area (Å²) in [5, 5.41) is 29.4. The van der Waals surface area contributed by atoms with Gasteiger partial charge in [0.15, 0.2) is 0 Å². The fourth-order valence-electron chi connectivity index (χ4n) is 2.24. The van der Waals surface area contributed by atoms with Crippen LogP contribution in [0.25, 0.3) is 0 Å². The fourth-order valence-corrected chi connectivity index (χ4v) is 2.36. The number of carbonyl (C=O) groups is 1. The van der Waals surface area contributed by atoms with Gasteiger partial charge < -0.3 is 21.0 Å². The van der Waals surface area contributed by atoms with Crippen LogP contribution >= 0.6 is 11.6 Å². The van der Waals surface area contributed by atoms with E-state index in [-0.39, 0.29) is 30.4 Å². The molecule has 0 radical (unpaired) electrons. The van der Waals surface area contributed by atoms with E-state index in [4.69, 9.17) is 22.1 Å². The topological polar surface area (TPSA) is 165 Å². The van der Waals surface area contributed by atoms with Crippen molar-refractivity contribution in [2.24, 2.45) is 5.16 Å². The molecule has 148 valence electrons. The predicted octanol–water partition coefficient (Wildman–Crippen LogP) is 3.08. The Labute approximate surface area is 164 Å². The van der Waals surface area contributed by atoms with Crippen molar-refractivity contribution in [3.8, 4) is 0 Å². The van der Waals surface area contributed by atoms with Gasteiger partial charge in [0.25, 0.3) is 0 Å². The second kappa shape index (κ2) is 9.37. The Morgan fingerprint density at radius 2 is 2.11 bits per heavy atom. The van der Waals surface area contributed by atoms with Gasteiger partial charge in [-0.15, -0.1) is 0 Å². The summed E-state index contributed by atoms with van der Waals surface area (Å²) in [5.74, 6) is -0.450. The molecule has 5 N–H and O–H groups in total. The number of amides is 1. The number of hydrogen-bond acceptors (Lipinski definition) is 9. The largest absolute Gasteiger partial charge is 0.450 e. The van der Waals surface area contributed by atoms with Gasteiger partial charge in [0.2, 0.25) is 5.82 Å². The van der Waals surface area contributed by atoms with Gasteiger partial charge in [-0.2, -0.15) is 0 Å². The molecule has 1 aromatic heterocycles. The first-order valence-corrected chi connectivity index (χ1v) is 8.33. The molecule has 2 rings (SSSR count). The minimum atomic E-state index is -0.784. The Hall–Kier alpha value is -3.60. The van der Waals surface area contributed by atoms with Crippen LogP contribution in [0.15, 0.2) is 35.5 Å². The molecule has 0 fully saturated rings. The molecule has 1 heterocycles. The average molecular weight is 409 g/mol. The lowest BCUT2D eigenvalue weighted by Crippen LogP contribution is -2.18. The highest BCUT2D eigenvalue weighted by atomic mass is 35.5. The number of anilines is 3. The van der Waals surface area contributed by atoms with Gasteiger partial charge in [0.05, 0.1) is 18.1 Å². The zero-order valence-electron chi connectivity index (χ0n) is 14.7. The van der Waals surface area contributed by atoms with Crippen LogP contribution < -0.4 is 16.4 Å². The number of carbonyl (C=O) groups excluding carboxylic acids is 1. The van der Waals surface area contributed by atoms with Crippen molar-refractivity contribution < 1.29 is 19.7 Å². The molecule has 0 spiro atoms. The van der Waals surface area contributed by atoms with Crippen molar-refractivity contribution in [1.82, 2.24) is 4.98 Å². The standard InChI is InChI=1S/C16H17ClN6O5/c1-2-28-16(24)21-13-7-11(14(23(26)27)15(18)20-13)19-8-12(22-25)9-3-5-10(17)6-4-9/h3-7,25H,2,8H2,1H3,(H4,18,19,20,21,24)/b22-12+. The number of aromatic nitrogens is 1. The maximum Gasteiger partial charge on any atom is 0.412 e. The number of benzene rings is 1. The lowest BCUT2D eigenvalue weighted by molar-refractivity contribution is -0.383. The second-order valence-electron chi connectivity index (χ2n) is 5.30. The number of oxime groups is 1. The number of pyridine rings is 1. The van der Waals surface area contributed by atoms with Gasteiger partial charge in [0.1, 0.15) is 17.2 Å². The van der Waals surface area contributed by atoms with Crippen LogP contribution in [-0.4, -0.2) is 40.1 Å². The SMILES string of the molecule is CCOC(=O)Nc1cc(NC/C(=N\O)c2ccc(Cl)cc2)c([N+](=O)[O-])c(N)n1. The minimum Gasteiger partial charge on any atom is -0.450 e. The maximum absolute atomic E-state index is 11.5. The second-order valence-corrected chi connectivity index (χ2v) is 5.74. The molecule has 0 bridgehead atoms. The van der Waals surface area contributed by atoms with Crippen LogP contribution in [-0.2, 0) is 4.74 Å². The monoisotopic (exact) mass is 408 g/mol. The van der Waals surface area contributed by atoms with E-state index in [1.165, 1.54) is 6.07 Å². The zero-order chi connectivity index (χ0) is 20.7. The number of hydrogen-bond donors (Lipinski definition) is 4. The molecule has 1 aromatic carbocycles. The van der Waals surface area contributed by atoms with Crippen LogP contribution in [0.3, 0.4) is 0 Å². The summed E-state index contributed by atoms with van der Waals surface area (Å²) in [6.45, 7) is 1.68. The van der Waals surface area contributed by atoms with Crippen LogP contribution in [0.4, 0.5) is 27.8 Å². The molecule has 0 saturated carbocycles. The van der Waals surface area contributed by atoms with Gasteiger partial charge >= 0.3 is 11.8 Å². The zero-order valence-corrected chi connectivity index (χ0v) is 15.4. The quantitative estimate of drug-likeness (QED) is 0.235.